The number of rotatable bonds is 16. The second-order valence-electron chi connectivity index (χ2n) is 21.3. The van der Waals surface area contributed by atoms with Gasteiger partial charge in [0.15, 0.2) is 0 Å². The molecule has 16 nitrogen and oxygen atoms in total. The number of hydrogen-bond acceptors (Lipinski definition) is 12. The lowest BCUT2D eigenvalue weighted by molar-refractivity contribution is -0.143. The van der Waals surface area contributed by atoms with E-state index >= 15 is 0 Å². The highest BCUT2D eigenvalue weighted by molar-refractivity contribution is 8.00. The molecule has 0 aromatic heterocycles. The van der Waals surface area contributed by atoms with Gasteiger partial charge in [0, 0.05) is 12.1 Å². The van der Waals surface area contributed by atoms with E-state index in [0.717, 1.165) is 11.5 Å². The first-order valence-electron chi connectivity index (χ1n) is 25.4. The Hall–Kier alpha value is -4.34. The van der Waals surface area contributed by atoms with Crippen molar-refractivity contribution in [3.63, 3.8) is 0 Å². The van der Waals surface area contributed by atoms with Crippen molar-refractivity contribution in [1.29, 1.82) is 0 Å². The molecule has 1 aliphatic carbocycles. The van der Waals surface area contributed by atoms with Gasteiger partial charge in [-0.1, -0.05) is 113 Å². The maximum atomic E-state index is 14.6. The summed E-state index contributed by atoms with van der Waals surface area (Å²) in [5.41, 5.74) is 0.0683. The van der Waals surface area contributed by atoms with Gasteiger partial charge in [-0.25, -0.2) is 0 Å². The molecule has 8 N–H and O–H groups in total. The van der Waals surface area contributed by atoms with Crippen LogP contribution in [0, 0.1) is 10.8 Å². The maximum absolute atomic E-state index is 14.6. The SMILES string of the molecule is CN[C@@H](C)C(=S)N[C@H]1CCS[C@H]2CC(C)(C)[C@@H](C(=O)N[C@@H](C(=O)NC3CCC(NC(=O)[C@@H](NC(=O)[C@H]4N5C(=O)[C@H](NC(=S)[C@H](C)NC)CCS[C@H]5CC4(C)C)c4ccccc4)CC3)c3ccccc3)N2C1=O. The monoisotopic (exact) mass is 1060 g/mol. The third-order valence-corrected chi connectivity index (χ3v) is 18.6. The zero-order valence-electron chi connectivity index (χ0n) is 42.7. The Balaban J connectivity index is 1.00. The van der Waals surface area contributed by atoms with E-state index in [1.165, 1.54) is 0 Å². The first-order chi connectivity index (χ1) is 34.2. The van der Waals surface area contributed by atoms with Gasteiger partial charge in [-0.15, -0.1) is 23.5 Å². The number of carbonyl (C=O) groups excluding carboxylic acids is 6. The number of carbonyl (C=O) groups is 6. The molecule has 7 rings (SSSR count). The van der Waals surface area contributed by atoms with Gasteiger partial charge in [-0.05, 0) is 113 Å². The molecule has 1 saturated carbocycles. The van der Waals surface area contributed by atoms with Gasteiger partial charge in [0.05, 0.1) is 32.8 Å². The highest BCUT2D eigenvalue weighted by Gasteiger charge is 2.56. The Morgan fingerprint density at radius 3 is 1.25 bits per heavy atom. The third kappa shape index (κ3) is 12.6. The molecule has 5 aliphatic rings. The second kappa shape index (κ2) is 23.9. The Morgan fingerprint density at radius 2 is 0.917 bits per heavy atom. The molecule has 6 amide bonds. The van der Waals surface area contributed by atoms with Crippen LogP contribution in [-0.4, -0.2) is 140 Å². The summed E-state index contributed by atoms with van der Waals surface area (Å²) in [6, 6.07) is 12.6. The normalized spacial score (nSPS) is 28.3. The molecule has 2 aromatic rings. The number of nitrogens with zero attached hydrogens (tertiary/aromatic N) is 2. The lowest BCUT2D eigenvalue weighted by Gasteiger charge is -2.36. The minimum atomic E-state index is -1.03. The van der Waals surface area contributed by atoms with Crippen LogP contribution in [0.4, 0.5) is 0 Å². The fourth-order valence-corrected chi connectivity index (χ4v) is 14.5. The van der Waals surface area contributed by atoms with Gasteiger partial charge in [0.25, 0.3) is 0 Å². The van der Waals surface area contributed by atoms with Gasteiger partial charge in [0.1, 0.15) is 36.3 Å². The average molecular weight is 1060 g/mol. The van der Waals surface area contributed by atoms with Crippen molar-refractivity contribution in [3.8, 4) is 0 Å². The van der Waals surface area contributed by atoms with Crippen LogP contribution in [0.15, 0.2) is 60.7 Å². The molecule has 392 valence electrons. The largest absolute Gasteiger partial charge is 0.367 e. The predicted octanol–water partition coefficient (Wildman–Crippen LogP) is 4.21. The average Bonchev–Trinajstić information content (AvgIpc) is 3.68. The van der Waals surface area contributed by atoms with Crippen LogP contribution in [0.2, 0.25) is 0 Å². The minimum absolute atomic E-state index is 0.133. The summed E-state index contributed by atoms with van der Waals surface area (Å²) >= 11 is 14.6. The van der Waals surface area contributed by atoms with Crippen LogP contribution in [0.5, 0.6) is 0 Å². The predicted molar refractivity (Wildman–Crippen MR) is 293 cm³/mol. The summed E-state index contributed by atoms with van der Waals surface area (Å²) in [6.45, 7) is 11.9. The fraction of sp³-hybridized carbons (Fsp3) is 0.615. The Morgan fingerprint density at radius 1 is 0.569 bits per heavy atom. The van der Waals surface area contributed by atoms with E-state index in [2.05, 4.69) is 42.5 Å². The summed E-state index contributed by atoms with van der Waals surface area (Å²) in [4.78, 5) is 91.2. The fourth-order valence-electron chi connectivity index (χ4n) is 10.8. The van der Waals surface area contributed by atoms with Crippen LogP contribution in [-0.2, 0) is 28.8 Å². The number of benzene rings is 2. The zero-order chi connectivity index (χ0) is 52.1. The van der Waals surface area contributed by atoms with Crippen molar-refractivity contribution in [2.45, 2.75) is 164 Å². The summed E-state index contributed by atoms with van der Waals surface area (Å²) < 4.78 is 0. The van der Waals surface area contributed by atoms with Crippen molar-refractivity contribution < 1.29 is 28.8 Å². The first-order valence-corrected chi connectivity index (χ1v) is 28.3. The summed E-state index contributed by atoms with van der Waals surface area (Å²) in [5.74, 6) is -0.413. The molecule has 0 unspecified atom stereocenters. The Bertz CT molecular complexity index is 2160. The van der Waals surface area contributed by atoms with E-state index in [1.54, 1.807) is 33.3 Å². The van der Waals surface area contributed by atoms with E-state index in [1.807, 2.05) is 116 Å². The molecule has 4 aliphatic heterocycles. The van der Waals surface area contributed by atoms with Crippen LogP contribution in [0.3, 0.4) is 0 Å². The van der Waals surface area contributed by atoms with E-state index in [0.29, 0.717) is 72.5 Å². The molecule has 5 fully saturated rings. The summed E-state index contributed by atoms with van der Waals surface area (Å²) in [5, 5.41) is 24.9. The van der Waals surface area contributed by atoms with Crippen LogP contribution in [0.25, 0.3) is 0 Å². The van der Waals surface area contributed by atoms with Crippen molar-refractivity contribution in [2.24, 2.45) is 10.8 Å². The van der Waals surface area contributed by atoms with Crippen molar-refractivity contribution >= 4 is 93.4 Å². The van der Waals surface area contributed by atoms with E-state index in [9.17, 15) is 28.8 Å². The number of likely N-dealkylation sites (N-methyl/N-ethyl adjacent to an activating group) is 2. The third-order valence-electron chi connectivity index (χ3n) is 15.2. The minimum Gasteiger partial charge on any atom is -0.367 e. The molecular formula is C52H74N10O6S4. The lowest BCUT2D eigenvalue weighted by atomic mass is 9.83. The highest BCUT2D eigenvalue weighted by Crippen LogP contribution is 2.48. The molecule has 20 heteroatoms. The van der Waals surface area contributed by atoms with Gasteiger partial charge in [-0.2, -0.15) is 0 Å². The second-order valence-corrected chi connectivity index (χ2v) is 24.8. The number of fused-ring (bicyclic) bond motifs is 2. The van der Waals surface area contributed by atoms with E-state index in [-0.39, 0.29) is 58.5 Å². The van der Waals surface area contributed by atoms with Crippen LogP contribution < -0.4 is 42.5 Å². The Kier molecular flexibility index (Phi) is 18.4. The van der Waals surface area contributed by atoms with Gasteiger partial charge in [0.2, 0.25) is 35.4 Å². The Labute approximate surface area is 444 Å². The molecule has 0 radical (unpaired) electrons. The molecule has 2 aromatic carbocycles. The van der Waals surface area contributed by atoms with Crippen molar-refractivity contribution in [1.82, 2.24) is 52.3 Å². The van der Waals surface area contributed by atoms with Gasteiger partial charge >= 0.3 is 0 Å². The lowest BCUT2D eigenvalue weighted by Crippen LogP contribution is -2.59. The number of thioether (sulfide) groups is 2. The summed E-state index contributed by atoms with van der Waals surface area (Å²) in [6.07, 6.45) is 4.63. The van der Waals surface area contributed by atoms with E-state index < -0.39 is 58.9 Å². The van der Waals surface area contributed by atoms with Crippen molar-refractivity contribution in [3.05, 3.63) is 71.8 Å². The molecular weight excluding hydrogens is 989 g/mol. The smallest absolute Gasteiger partial charge is 0.247 e. The summed E-state index contributed by atoms with van der Waals surface area (Å²) in [7, 11) is 3.62. The molecule has 4 saturated heterocycles. The number of amides is 6. The number of nitrogens with one attached hydrogen (secondary N) is 8. The first kappa shape index (κ1) is 55.4. The molecule has 10 atom stereocenters. The number of thiocarbonyl (C=S) groups is 2. The van der Waals surface area contributed by atoms with Crippen LogP contribution >= 0.6 is 48.0 Å². The molecule has 4 heterocycles. The maximum Gasteiger partial charge on any atom is 0.247 e. The quantitative estimate of drug-likeness (QED) is 0.111. The van der Waals surface area contributed by atoms with E-state index in [4.69, 9.17) is 24.4 Å². The zero-order valence-corrected chi connectivity index (χ0v) is 46.0. The number of hydrogen-bond donors (Lipinski definition) is 8. The molecule has 0 bridgehead atoms. The standard InChI is InChI=1S/C52H74N10O6S4/c1-29(53-7)47(69)57-35-23-25-71-37-27-51(3,4)41(61(37)49(35)67)45(65)59-39(31-15-11-9-12-16-31)43(63)55-33-19-21-34(22-20-33)56-44(64)40(32-17-13-10-14-18-32)60-46(66)42-52(5,6)28-38-62(42)50(68)36(24-26-72-38)58-48(70)30(2)54-8/h9-18,29-30,33-42,53-54H,19-28H2,1-8H3,(H,55,63)(H,56,64)(H,57,69)(H,58,70)(H,59,65)(H,60,66)/t29-,30-,33?,34?,35-,36+,37-,38-,39+,40-,41+,42+/m0/s1. The van der Waals surface area contributed by atoms with Gasteiger partial charge < -0.3 is 52.3 Å². The topological polar surface area (TPSA) is 205 Å². The van der Waals surface area contributed by atoms with Gasteiger partial charge in [-0.3, -0.25) is 28.8 Å². The molecule has 0 spiro atoms. The van der Waals surface area contributed by atoms with Crippen molar-refractivity contribution in [2.75, 3.05) is 25.6 Å². The van der Waals surface area contributed by atoms with Crippen LogP contribution in [0.1, 0.15) is 116 Å². The molecule has 72 heavy (non-hydrogen) atoms. The highest BCUT2D eigenvalue weighted by atomic mass is 32.2.